The lowest BCUT2D eigenvalue weighted by molar-refractivity contribution is 0.536. The van der Waals surface area contributed by atoms with E-state index in [0.717, 1.165) is 24.4 Å². The molecule has 1 aliphatic rings. The van der Waals surface area contributed by atoms with Crippen LogP contribution in [0, 0.1) is 0 Å². The highest BCUT2D eigenvalue weighted by Gasteiger charge is 2.20. The van der Waals surface area contributed by atoms with E-state index >= 15 is 0 Å². The van der Waals surface area contributed by atoms with Gasteiger partial charge in [0.2, 0.25) is 0 Å². The Hall–Kier alpha value is -0.900. The molecular weight excluding hydrogens is 300 g/mol. The largest absolute Gasteiger partial charge is 0.309 e. The zero-order chi connectivity index (χ0) is 14.7. The van der Waals surface area contributed by atoms with Crippen molar-refractivity contribution in [2.24, 2.45) is 0 Å². The van der Waals surface area contributed by atoms with Gasteiger partial charge in [-0.2, -0.15) is 0 Å². The van der Waals surface area contributed by atoms with Gasteiger partial charge in [0.05, 0.1) is 5.02 Å². The first kappa shape index (κ1) is 15.0. The number of fused-ring (bicyclic) bond motifs is 1. The highest BCUT2D eigenvalue weighted by atomic mass is 35.5. The van der Waals surface area contributed by atoms with Crippen LogP contribution in [0.15, 0.2) is 24.5 Å². The number of nitrogens with one attached hydrogen (secondary N) is 1. The number of hydrogen-bond acceptors (Lipinski definition) is 3. The Morgan fingerprint density at radius 3 is 3.10 bits per heavy atom. The molecule has 0 aliphatic heterocycles. The molecule has 112 valence electrons. The van der Waals surface area contributed by atoms with Crippen LogP contribution in [0.2, 0.25) is 5.02 Å². The van der Waals surface area contributed by atoms with Crippen molar-refractivity contribution in [2.45, 2.75) is 45.1 Å². The quantitative estimate of drug-likeness (QED) is 0.843. The molecule has 21 heavy (non-hydrogen) atoms. The number of nitrogens with zero attached hydrogens (tertiary/aromatic N) is 1. The van der Waals surface area contributed by atoms with Gasteiger partial charge >= 0.3 is 0 Å². The average Bonchev–Trinajstić information content (AvgIpc) is 3.06. The predicted molar refractivity (Wildman–Crippen MR) is 90.3 cm³/mol. The number of hydrogen-bond donors (Lipinski definition) is 1. The Bertz CT molecular complexity index is 587. The first-order valence-electron chi connectivity index (χ1n) is 7.71. The topological polar surface area (TPSA) is 24.9 Å². The maximum Gasteiger partial charge on any atom is 0.0622 e. The van der Waals surface area contributed by atoms with Crippen LogP contribution in [0.4, 0.5) is 0 Å². The summed E-state index contributed by atoms with van der Waals surface area (Å²) in [5.74, 6) is 0. The smallest absolute Gasteiger partial charge is 0.0622 e. The van der Waals surface area contributed by atoms with Crippen molar-refractivity contribution in [3.05, 3.63) is 50.4 Å². The number of halogens is 1. The molecule has 2 aromatic rings. The Labute approximate surface area is 135 Å². The van der Waals surface area contributed by atoms with E-state index in [0.29, 0.717) is 6.04 Å². The monoisotopic (exact) mass is 320 g/mol. The van der Waals surface area contributed by atoms with Crippen LogP contribution < -0.4 is 5.32 Å². The van der Waals surface area contributed by atoms with E-state index in [1.807, 2.05) is 23.6 Å². The Kier molecular flexibility index (Phi) is 4.94. The third-order valence-corrected chi connectivity index (χ3v) is 5.72. The molecular formula is C17H21ClN2S. The van der Waals surface area contributed by atoms with Crippen molar-refractivity contribution in [1.82, 2.24) is 10.3 Å². The Morgan fingerprint density at radius 2 is 2.33 bits per heavy atom. The Morgan fingerprint density at radius 1 is 1.43 bits per heavy atom. The second-order valence-corrected chi connectivity index (χ2v) is 7.20. The molecule has 0 fully saturated rings. The molecule has 1 N–H and O–H groups in total. The molecule has 0 saturated carbocycles. The predicted octanol–water partition coefficient (Wildman–Crippen LogP) is 4.57. The molecule has 0 radical (unpaired) electrons. The van der Waals surface area contributed by atoms with E-state index in [4.69, 9.17) is 11.6 Å². The van der Waals surface area contributed by atoms with Crippen molar-refractivity contribution < 1.29 is 0 Å². The number of aromatic nitrogens is 1. The molecule has 1 unspecified atom stereocenters. The SMILES string of the molecule is CCCNC(Cc1ccncc1Cl)c1cc2c(s1)CCC2. The molecule has 2 nitrogen and oxygen atoms in total. The zero-order valence-corrected chi connectivity index (χ0v) is 13.9. The van der Waals surface area contributed by atoms with Crippen molar-refractivity contribution in [3.63, 3.8) is 0 Å². The van der Waals surface area contributed by atoms with E-state index in [-0.39, 0.29) is 0 Å². The molecule has 0 amide bonds. The lowest BCUT2D eigenvalue weighted by atomic mass is 10.0. The van der Waals surface area contributed by atoms with Gasteiger partial charge in [-0.15, -0.1) is 11.3 Å². The fourth-order valence-electron chi connectivity index (χ4n) is 2.91. The highest BCUT2D eigenvalue weighted by Crippen LogP contribution is 2.35. The van der Waals surface area contributed by atoms with Gasteiger partial charge in [0.15, 0.2) is 0 Å². The number of thiophene rings is 1. The number of rotatable bonds is 6. The van der Waals surface area contributed by atoms with E-state index in [9.17, 15) is 0 Å². The maximum atomic E-state index is 6.28. The minimum absolute atomic E-state index is 0.362. The van der Waals surface area contributed by atoms with Crippen LogP contribution in [0.3, 0.4) is 0 Å². The minimum atomic E-state index is 0.362. The van der Waals surface area contributed by atoms with Crippen molar-refractivity contribution in [2.75, 3.05) is 6.54 Å². The van der Waals surface area contributed by atoms with Gasteiger partial charge in [-0.25, -0.2) is 0 Å². The fraction of sp³-hybridized carbons (Fsp3) is 0.471. The summed E-state index contributed by atoms with van der Waals surface area (Å²) in [7, 11) is 0. The van der Waals surface area contributed by atoms with Crippen LogP contribution in [0.25, 0.3) is 0 Å². The van der Waals surface area contributed by atoms with Crippen LogP contribution in [-0.4, -0.2) is 11.5 Å². The van der Waals surface area contributed by atoms with Gasteiger partial charge in [-0.05, 0) is 61.9 Å². The molecule has 0 aromatic carbocycles. The summed E-state index contributed by atoms with van der Waals surface area (Å²) in [6.45, 7) is 3.24. The van der Waals surface area contributed by atoms with E-state index in [1.165, 1.54) is 29.7 Å². The molecule has 1 atom stereocenters. The van der Waals surface area contributed by atoms with E-state index in [1.54, 1.807) is 16.6 Å². The van der Waals surface area contributed by atoms with Gasteiger partial charge in [-0.3, -0.25) is 4.98 Å². The van der Waals surface area contributed by atoms with Gasteiger partial charge in [-0.1, -0.05) is 18.5 Å². The summed E-state index contributed by atoms with van der Waals surface area (Å²) in [6.07, 6.45) is 9.48. The van der Waals surface area contributed by atoms with Gasteiger partial charge in [0, 0.05) is 28.2 Å². The van der Waals surface area contributed by atoms with Gasteiger partial charge < -0.3 is 5.32 Å². The van der Waals surface area contributed by atoms with Gasteiger partial charge in [0.1, 0.15) is 0 Å². The standard InChI is InChI=1S/C17H21ClN2S/c1-2-7-20-15(9-12-6-8-19-11-14(12)18)17-10-13-4-3-5-16(13)21-17/h6,8,10-11,15,20H,2-5,7,9H2,1H3. The third-order valence-electron chi connectivity index (χ3n) is 4.03. The molecule has 3 rings (SSSR count). The summed E-state index contributed by atoms with van der Waals surface area (Å²) in [4.78, 5) is 7.13. The fourth-order valence-corrected chi connectivity index (χ4v) is 4.43. The summed E-state index contributed by atoms with van der Waals surface area (Å²) < 4.78 is 0. The molecule has 0 saturated heterocycles. The summed E-state index contributed by atoms with van der Waals surface area (Å²) in [5, 5.41) is 4.45. The number of pyridine rings is 1. The second kappa shape index (κ2) is 6.91. The minimum Gasteiger partial charge on any atom is -0.309 e. The van der Waals surface area contributed by atoms with E-state index in [2.05, 4.69) is 23.3 Å². The zero-order valence-electron chi connectivity index (χ0n) is 12.4. The van der Waals surface area contributed by atoms with Crippen molar-refractivity contribution in [1.29, 1.82) is 0 Å². The molecule has 1 aliphatic carbocycles. The summed E-state index contributed by atoms with van der Waals surface area (Å²) >= 11 is 8.26. The molecule has 2 heterocycles. The first-order valence-corrected chi connectivity index (χ1v) is 8.90. The third kappa shape index (κ3) is 3.47. The van der Waals surface area contributed by atoms with Crippen LogP contribution in [-0.2, 0) is 19.3 Å². The highest BCUT2D eigenvalue weighted by molar-refractivity contribution is 7.12. The van der Waals surface area contributed by atoms with Crippen LogP contribution in [0.5, 0.6) is 0 Å². The summed E-state index contributed by atoms with van der Waals surface area (Å²) in [5.41, 5.74) is 2.74. The maximum absolute atomic E-state index is 6.28. The average molecular weight is 321 g/mol. The molecule has 0 bridgehead atoms. The molecule has 0 spiro atoms. The van der Waals surface area contributed by atoms with Crippen molar-refractivity contribution in [3.8, 4) is 0 Å². The first-order chi connectivity index (χ1) is 10.3. The number of aryl methyl sites for hydroxylation is 2. The Balaban J connectivity index is 1.81. The van der Waals surface area contributed by atoms with Crippen LogP contribution >= 0.6 is 22.9 Å². The molecule has 4 heteroatoms. The van der Waals surface area contributed by atoms with Crippen LogP contribution in [0.1, 0.15) is 46.7 Å². The lowest BCUT2D eigenvalue weighted by Gasteiger charge is -2.18. The van der Waals surface area contributed by atoms with Gasteiger partial charge in [0.25, 0.3) is 0 Å². The molecule has 2 aromatic heterocycles. The second-order valence-electron chi connectivity index (χ2n) is 5.63. The normalized spacial score (nSPS) is 15.1. The lowest BCUT2D eigenvalue weighted by Crippen LogP contribution is -2.23. The van der Waals surface area contributed by atoms with E-state index < -0.39 is 0 Å². The van der Waals surface area contributed by atoms with Crippen molar-refractivity contribution >= 4 is 22.9 Å². The summed E-state index contributed by atoms with van der Waals surface area (Å²) in [6, 6.07) is 4.81.